The predicted molar refractivity (Wildman–Crippen MR) is 138 cm³/mol. The zero-order valence-electron chi connectivity index (χ0n) is 19.7. The second-order valence-electron chi connectivity index (χ2n) is 8.20. The number of para-hydroxylation sites is 1. The van der Waals surface area contributed by atoms with E-state index in [1.165, 1.54) is 12.1 Å². The Labute approximate surface area is 213 Å². The molecule has 0 spiro atoms. The molecule has 0 aromatic heterocycles. The number of hydrogen-bond donors (Lipinski definition) is 3. The van der Waals surface area contributed by atoms with Crippen molar-refractivity contribution in [2.24, 2.45) is 0 Å². The molecule has 0 unspecified atom stereocenters. The van der Waals surface area contributed by atoms with Crippen molar-refractivity contribution in [1.29, 1.82) is 0 Å². The van der Waals surface area contributed by atoms with Crippen LogP contribution in [0.15, 0.2) is 103 Å². The number of hydrogen-bond acceptors (Lipinski definition) is 4. The summed E-state index contributed by atoms with van der Waals surface area (Å²) in [5, 5.41) is 21.4. The van der Waals surface area contributed by atoms with Gasteiger partial charge < -0.3 is 25.2 Å². The van der Waals surface area contributed by atoms with Gasteiger partial charge >= 0.3 is 18.0 Å². The van der Waals surface area contributed by atoms with Crippen molar-refractivity contribution in [2.45, 2.75) is 13.1 Å². The van der Waals surface area contributed by atoms with Crippen LogP contribution in [-0.2, 0) is 13.1 Å². The summed E-state index contributed by atoms with van der Waals surface area (Å²) in [6, 6.07) is 29.1. The summed E-state index contributed by atoms with van der Waals surface area (Å²) in [6.45, 7) is 0.506. The standard InChI is InChI=1S/C29H24N2O6/c32-27(33)22-13-16-26(25(17-22)28(34)35)30-29(36)31(18-20-7-3-1-4-8-20)19-21-11-14-24(15-12-21)37-23-9-5-2-6-10-23/h1-17H,18-19H2,(H,30,36)(H,32,33)(H,34,35). The topological polar surface area (TPSA) is 116 Å². The molecule has 0 aliphatic rings. The first-order valence-corrected chi connectivity index (χ1v) is 11.4. The van der Waals surface area contributed by atoms with E-state index in [-0.39, 0.29) is 29.9 Å². The molecule has 4 aromatic carbocycles. The molecule has 0 saturated carbocycles. The number of aromatic carboxylic acids is 2. The molecule has 4 aromatic rings. The Bertz CT molecular complexity index is 1390. The van der Waals surface area contributed by atoms with Gasteiger partial charge in [0, 0.05) is 13.1 Å². The Hall–Kier alpha value is -5.11. The molecular weight excluding hydrogens is 472 g/mol. The van der Waals surface area contributed by atoms with Gasteiger partial charge in [-0.05, 0) is 53.6 Å². The Kier molecular flexibility index (Phi) is 7.80. The van der Waals surface area contributed by atoms with E-state index in [0.717, 1.165) is 17.2 Å². The maximum atomic E-state index is 13.3. The number of nitrogens with zero attached hydrogens (tertiary/aromatic N) is 1. The van der Waals surface area contributed by atoms with Crippen molar-refractivity contribution in [3.8, 4) is 11.5 Å². The van der Waals surface area contributed by atoms with Gasteiger partial charge in [0.15, 0.2) is 0 Å². The monoisotopic (exact) mass is 496 g/mol. The van der Waals surface area contributed by atoms with Crippen molar-refractivity contribution in [1.82, 2.24) is 4.90 Å². The zero-order valence-corrected chi connectivity index (χ0v) is 19.7. The lowest BCUT2D eigenvalue weighted by Crippen LogP contribution is -2.34. The minimum Gasteiger partial charge on any atom is -0.478 e. The molecule has 37 heavy (non-hydrogen) atoms. The third kappa shape index (κ3) is 6.73. The molecule has 0 bridgehead atoms. The van der Waals surface area contributed by atoms with Crippen LogP contribution in [-0.4, -0.2) is 33.1 Å². The summed E-state index contributed by atoms with van der Waals surface area (Å²) in [4.78, 5) is 37.8. The highest BCUT2D eigenvalue weighted by atomic mass is 16.5. The molecule has 0 atom stereocenters. The van der Waals surface area contributed by atoms with Crippen LogP contribution < -0.4 is 10.1 Å². The van der Waals surface area contributed by atoms with Crippen LogP contribution >= 0.6 is 0 Å². The molecule has 4 rings (SSSR count). The first-order chi connectivity index (χ1) is 17.9. The summed E-state index contributed by atoms with van der Waals surface area (Å²) in [5.41, 5.74) is 1.24. The zero-order chi connectivity index (χ0) is 26.2. The molecule has 0 aliphatic heterocycles. The van der Waals surface area contributed by atoms with Gasteiger partial charge in [-0.3, -0.25) is 0 Å². The van der Waals surface area contributed by atoms with Gasteiger partial charge in [-0.15, -0.1) is 0 Å². The van der Waals surface area contributed by atoms with E-state index in [2.05, 4.69) is 5.32 Å². The minimum atomic E-state index is -1.35. The molecule has 2 amide bonds. The van der Waals surface area contributed by atoms with Crippen LogP contribution in [0.1, 0.15) is 31.8 Å². The van der Waals surface area contributed by atoms with E-state index in [4.69, 9.17) is 4.74 Å². The molecule has 186 valence electrons. The number of anilines is 1. The number of ether oxygens (including phenoxy) is 1. The SMILES string of the molecule is O=C(O)c1ccc(NC(=O)N(Cc2ccccc2)Cc2ccc(Oc3ccccc3)cc2)c(C(=O)O)c1. The van der Waals surface area contributed by atoms with Crippen molar-refractivity contribution >= 4 is 23.7 Å². The highest BCUT2D eigenvalue weighted by molar-refractivity contribution is 6.02. The molecule has 0 aliphatic carbocycles. The number of nitrogens with one attached hydrogen (secondary N) is 1. The van der Waals surface area contributed by atoms with Crippen LogP contribution in [0.25, 0.3) is 0 Å². The predicted octanol–water partition coefficient (Wildman–Crippen LogP) is 6.11. The Balaban J connectivity index is 1.54. The molecule has 0 heterocycles. The van der Waals surface area contributed by atoms with Crippen molar-refractivity contribution in [2.75, 3.05) is 5.32 Å². The van der Waals surface area contributed by atoms with E-state index < -0.39 is 18.0 Å². The van der Waals surface area contributed by atoms with Crippen LogP contribution in [0, 0.1) is 0 Å². The fourth-order valence-electron chi connectivity index (χ4n) is 3.67. The lowest BCUT2D eigenvalue weighted by atomic mass is 10.1. The molecule has 0 fully saturated rings. The van der Waals surface area contributed by atoms with E-state index in [0.29, 0.717) is 11.5 Å². The number of urea groups is 1. The second kappa shape index (κ2) is 11.5. The summed E-state index contributed by atoms with van der Waals surface area (Å²) in [7, 11) is 0. The number of amides is 2. The van der Waals surface area contributed by atoms with Gasteiger partial charge in [0.05, 0.1) is 16.8 Å². The van der Waals surface area contributed by atoms with Crippen LogP contribution in [0.5, 0.6) is 11.5 Å². The highest BCUT2D eigenvalue weighted by Gasteiger charge is 2.20. The average Bonchev–Trinajstić information content (AvgIpc) is 2.90. The normalized spacial score (nSPS) is 10.4. The van der Waals surface area contributed by atoms with Crippen LogP contribution in [0.2, 0.25) is 0 Å². The first kappa shape index (κ1) is 25.0. The molecule has 8 heteroatoms. The Morgan fingerprint density at radius 3 is 1.84 bits per heavy atom. The smallest absolute Gasteiger partial charge is 0.337 e. The van der Waals surface area contributed by atoms with Crippen LogP contribution in [0.4, 0.5) is 10.5 Å². The Morgan fingerprint density at radius 2 is 1.24 bits per heavy atom. The molecule has 3 N–H and O–H groups in total. The number of rotatable bonds is 9. The number of benzene rings is 4. The summed E-state index contributed by atoms with van der Waals surface area (Å²) in [6.07, 6.45) is 0. The fraction of sp³-hybridized carbons (Fsp3) is 0.0690. The van der Waals surface area contributed by atoms with Crippen LogP contribution in [0.3, 0.4) is 0 Å². The first-order valence-electron chi connectivity index (χ1n) is 11.4. The van der Waals surface area contributed by atoms with Crippen molar-refractivity contribution in [3.63, 3.8) is 0 Å². The van der Waals surface area contributed by atoms with Gasteiger partial charge in [0.2, 0.25) is 0 Å². The lowest BCUT2D eigenvalue weighted by Gasteiger charge is -2.24. The highest BCUT2D eigenvalue weighted by Crippen LogP contribution is 2.23. The van der Waals surface area contributed by atoms with Gasteiger partial charge in [0.25, 0.3) is 0 Å². The van der Waals surface area contributed by atoms with E-state index >= 15 is 0 Å². The molecular formula is C29H24N2O6. The molecule has 8 nitrogen and oxygen atoms in total. The Morgan fingerprint density at radius 1 is 0.676 bits per heavy atom. The number of carboxylic acid groups (broad SMARTS) is 2. The van der Waals surface area contributed by atoms with E-state index in [9.17, 15) is 24.6 Å². The van der Waals surface area contributed by atoms with Gasteiger partial charge in [-0.25, -0.2) is 14.4 Å². The molecule has 0 saturated heterocycles. The second-order valence-corrected chi connectivity index (χ2v) is 8.20. The van der Waals surface area contributed by atoms with E-state index in [1.807, 2.05) is 84.9 Å². The average molecular weight is 497 g/mol. The number of carbonyl (C=O) groups excluding carboxylic acids is 1. The maximum absolute atomic E-state index is 13.3. The quantitative estimate of drug-likeness (QED) is 0.257. The maximum Gasteiger partial charge on any atom is 0.337 e. The third-order valence-electron chi connectivity index (χ3n) is 5.52. The summed E-state index contributed by atoms with van der Waals surface area (Å²) < 4.78 is 5.83. The van der Waals surface area contributed by atoms with Crippen molar-refractivity contribution < 1.29 is 29.3 Å². The largest absolute Gasteiger partial charge is 0.478 e. The minimum absolute atomic E-state index is 0.00664. The summed E-state index contributed by atoms with van der Waals surface area (Å²) >= 11 is 0. The van der Waals surface area contributed by atoms with Gasteiger partial charge in [-0.1, -0.05) is 60.7 Å². The fourth-order valence-corrected chi connectivity index (χ4v) is 3.67. The summed E-state index contributed by atoms with van der Waals surface area (Å²) in [5.74, 6) is -1.24. The van der Waals surface area contributed by atoms with Crippen molar-refractivity contribution in [3.05, 3.63) is 125 Å². The van der Waals surface area contributed by atoms with E-state index in [1.54, 1.807) is 4.90 Å². The lowest BCUT2D eigenvalue weighted by molar-refractivity contribution is 0.0696. The number of carboxylic acids is 2. The van der Waals surface area contributed by atoms with Gasteiger partial charge in [0.1, 0.15) is 11.5 Å². The molecule has 0 radical (unpaired) electrons. The van der Waals surface area contributed by atoms with Gasteiger partial charge in [-0.2, -0.15) is 0 Å². The number of carbonyl (C=O) groups is 3. The third-order valence-corrected chi connectivity index (χ3v) is 5.52.